The summed E-state index contributed by atoms with van der Waals surface area (Å²) in [5, 5.41) is 7.31. The summed E-state index contributed by atoms with van der Waals surface area (Å²) >= 11 is 1.53. The lowest BCUT2D eigenvalue weighted by molar-refractivity contribution is -0.747. The van der Waals surface area contributed by atoms with Gasteiger partial charge in [-0.1, -0.05) is 4.68 Å². The molecule has 0 unspecified atom stereocenters. The van der Waals surface area contributed by atoms with Crippen molar-refractivity contribution in [2.75, 3.05) is 12.9 Å². The van der Waals surface area contributed by atoms with Gasteiger partial charge in [-0.15, -0.1) is 11.3 Å². The number of rotatable bonds is 4. The third-order valence-corrected chi connectivity index (χ3v) is 4.15. The van der Waals surface area contributed by atoms with Crippen molar-refractivity contribution < 1.29 is 17.3 Å². The fourth-order valence-electron chi connectivity index (χ4n) is 1.25. The smallest absolute Gasteiger partial charge is 0.273 e. The molecule has 2 rings (SSSR count). The largest absolute Gasteiger partial charge is 0.273 e. The molecule has 0 radical (unpaired) electrons. The van der Waals surface area contributed by atoms with Gasteiger partial charge < -0.3 is 0 Å². The maximum Gasteiger partial charge on any atom is 0.273 e. The zero-order valence-corrected chi connectivity index (χ0v) is 10.3. The van der Waals surface area contributed by atoms with Crippen LogP contribution in [0.2, 0.25) is 0 Å². The van der Waals surface area contributed by atoms with Gasteiger partial charge >= 0.3 is 0 Å². The highest BCUT2D eigenvalue weighted by atomic mass is 32.2. The standard InChI is InChI=1S/C9H11N2O3S2/c1-14-16(12,13)7-5-11-4-2-8-3-6-15-9(8)10-11/h2-4,6H,5,7H2,1H3/q+1. The molecule has 0 aromatic carbocycles. The van der Waals surface area contributed by atoms with E-state index in [9.17, 15) is 8.42 Å². The number of fused-ring (bicyclic) bond motifs is 1. The Kier molecular flexibility index (Phi) is 3.17. The molecule has 0 saturated carbocycles. The quantitative estimate of drug-likeness (QED) is 0.594. The van der Waals surface area contributed by atoms with Crippen molar-refractivity contribution in [1.82, 2.24) is 5.10 Å². The Hall–Kier alpha value is -1.05. The molecule has 2 heterocycles. The van der Waals surface area contributed by atoms with Crippen molar-refractivity contribution >= 4 is 31.7 Å². The van der Waals surface area contributed by atoms with Gasteiger partial charge in [0, 0.05) is 16.6 Å². The van der Waals surface area contributed by atoms with E-state index in [0.29, 0.717) is 6.54 Å². The number of aromatic nitrogens is 2. The van der Waals surface area contributed by atoms with Crippen LogP contribution in [0.15, 0.2) is 23.7 Å². The lowest BCUT2D eigenvalue weighted by Crippen LogP contribution is -2.40. The molecule has 7 heteroatoms. The molecule has 0 spiro atoms. The van der Waals surface area contributed by atoms with E-state index in [1.807, 2.05) is 17.5 Å². The summed E-state index contributed by atoms with van der Waals surface area (Å²) in [4.78, 5) is 0.900. The van der Waals surface area contributed by atoms with E-state index in [4.69, 9.17) is 0 Å². The molecular formula is C9H11N2O3S2+. The van der Waals surface area contributed by atoms with E-state index < -0.39 is 10.1 Å². The van der Waals surface area contributed by atoms with Crippen molar-refractivity contribution in [3.8, 4) is 0 Å². The Morgan fingerprint density at radius 2 is 2.31 bits per heavy atom. The molecule has 5 nitrogen and oxygen atoms in total. The van der Waals surface area contributed by atoms with Crippen LogP contribution in [0.4, 0.5) is 0 Å². The van der Waals surface area contributed by atoms with Crippen LogP contribution in [-0.4, -0.2) is 26.4 Å². The van der Waals surface area contributed by atoms with E-state index in [1.54, 1.807) is 10.9 Å². The van der Waals surface area contributed by atoms with Gasteiger partial charge in [-0.2, -0.15) is 8.42 Å². The van der Waals surface area contributed by atoms with E-state index >= 15 is 0 Å². The van der Waals surface area contributed by atoms with Gasteiger partial charge in [-0.3, -0.25) is 4.18 Å². The Balaban J connectivity index is 2.15. The second kappa shape index (κ2) is 4.44. The average molecular weight is 259 g/mol. The topological polar surface area (TPSA) is 60.1 Å². The first-order valence-corrected chi connectivity index (χ1v) is 7.09. The Morgan fingerprint density at radius 3 is 3.06 bits per heavy atom. The summed E-state index contributed by atoms with van der Waals surface area (Å²) in [7, 11) is -2.25. The lowest BCUT2D eigenvalue weighted by Gasteiger charge is -1.96. The highest BCUT2D eigenvalue weighted by molar-refractivity contribution is 7.86. The number of nitrogens with zero attached hydrogens (tertiary/aromatic N) is 2. The van der Waals surface area contributed by atoms with E-state index in [2.05, 4.69) is 9.28 Å². The monoisotopic (exact) mass is 259 g/mol. The third-order valence-electron chi connectivity index (χ3n) is 2.14. The zero-order chi connectivity index (χ0) is 11.6. The van der Waals surface area contributed by atoms with Crippen LogP contribution in [0, 0.1) is 0 Å². The van der Waals surface area contributed by atoms with Crippen molar-refractivity contribution in [3.05, 3.63) is 23.7 Å². The molecule has 2 aromatic rings. The molecular weight excluding hydrogens is 248 g/mol. The van der Waals surface area contributed by atoms with Crippen molar-refractivity contribution in [3.63, 3.8) is 0 Å². The summed E-state index contributed by atoms with van der Waals surface area (Å²) in [6.07, 6.45) is 1.76. The predicted molar refractivity (Wildman–Crippen MR) is 60.6 cm³/mol. The van der Waals surface area contributed by atoms with Gasteiger partial charge in [-0.05, 0) is 11.4 Å². The second-order valence-corrected chi connectivity index (χ2v) is 5.94. The fourth-order valence-corrected chi connectivity index (χ4v) is 2.59. The van der Waals surface area contributed by atoms with Crippen LogP contribution in [0.3, 0.4) is 0 Å². The maximum atomic E-state index is 11.1. The normalized spacial score (nSPS) is 12.1. The van der Waals surface area contributed by atoms with Gasteiger partial charge in [0.15, 0.2) is 17.6 Å². The molecule has 0 fully saturated rings. The summed E-state index contributed by atoms with van der Waals surface area (Å²) < 4.78 is 28.2. The fraction of sp³-hybridized carbons (Fsp3) is 0.333. The molecule has 0 amide bonds. The molecule has 2 aromatic heterocycles. The maximum absolute atomic E-state index is 11.1. The molecule has 0 aliphatic carbocycles. The molecule has 16 heavy (non-hydrogen) atoms. The van der Waals surface area contributed by atoms with E-state index in [-0.39, 0.29) is 5.75 Å². The van der Waals surface area contributed by atoms with Crippen molar-refractivity contribution in [2.24, 2.45) is 0 Å². The molecule has 0 N–H and O–H groups in total. The van der Waals surface area contributed by atoms with E-state index in [1.165, 1.54) is 11.3 Å². The summed E-state index contributed by atoms with van der Waals surface area (Å²) in [6, 6.07) is 3.89. The van der Waals surface area contributed by atoms with Crippen LogP contribution >= 0.6 is 11.3 Å². The number of hydrogen-bond donors (Lipinski definition) is 0. The van der Waals surface area contributed by atoms with Crippen LogP contribution < -0.4 is 4.68 Å². The number of thiophene rings is 1. The average Bonchev–Trinajstić information content (AvgIpc) is 2.73. The zero-order valence-electron chi connectivity index (χ0n) is 8.66. The number of hydrogen-bond acceptors (Lipinski definition) is 5. The first-order valence-electron chi connectivity index (χ1n) is 4.63. The molecule has 0 saturated heterocycles. The summed E-state index contributed by atoms with van der Waals surface area (Å²) in [5.41, 5.74) is 0. The van der Waals surface area contributed by atoms with Gasteiger partial charge in [0.25, 0.3) is 10.1 Å². The first-order chi connectivity index (χ1) is 7.61. The lowest BCUT2D eigenvalue weighted by atomic mass is 10.4. The van der Waals surface area contributed by atoms with E-state index in [0.717, 1.165) is 17.3 Å². The molecule has 0 atom stereocenters. The second-order valence-electron chi connectivity index (χ2n) is 3.19. The molecule has 0 bridgehead atoms. The Morgan fingerprint density at radius 1 is 1.50 bits per heavy atom. The SMILES string of the molecule is COS(=O)(=O)CC[n+]1ccc2ccsc2n1. The highest BCUT2D eigenvalue weighted by Gasteiger charge is 2.14. The highest BCUT2D eigenvalue weighted by Crippen LogP contribution is 2.14. The minimum atomic E-state index is -3.42. The van der Waals surface area contributed by atoms with Crippen LogP contribution in [-0.2, 0) is 20.8 Å². The molecule has 0 aliphatic rings. The van der Waals surface area contributed by atoms with Gasteiger partial charge in [0.1, 0.15) is 5.75 Å². The van der Waals surface area contributed by atoms with Crippen molar-refractivity contribution in [2.45, 2.75) is 6.54 Å². The first kappa shape index (κ1) is 11.4. The van der Waals surface area contributed by atoms with Gasteiger partial charge in [-0.25, -0.2) is 0 Å². The van der Waals surface area contributed by atoms with Gasteiger partial charge in [0.2, 0.25) is 0 Å². The minimum Gasteiger partial charge on any atom is -0.273 e. The van der Waals surface area contributed by atoms with Crippen molar-refractivity contribution in [1.29, 1.82) is 0 Å². The Bertz CT molecular complexity index is 592. The Labute approximate surface area is 97.4 Å². The van der Waals surface area contributed by atoms with Crippen LogP contribution in [0.5, 0.6) is 0 Å². The molecule has 86 valence electrons. The van der Waals surface area contributed by atoms with Gasteiger partial charge in [0.05, 0.1) is 7.11 Å². The van der Waals surface area contributed by atoms with Crippen LogP contribution in [0.1, 0.15) is 0 Å². The third kappa shape index (κ3) is 2.55. The summed E-state index contributed by atoms with van der Waals surface area (Å²) in [5.74, 6) is -0.0714. The molecule has 0 aliphatic heterocycles. The minimum absolute atomic E-state index is 0.0714. The predicted octanol–water partition coefficient (Wildman–Crippen LogP) is 0.560. The van der Waals surface area contributed by atoms with Crippen LogP contribution in [0.25, 0.3) is 10.2 Å². The number of aryl methyl sites for hydroxylation is 1. The summed E-state index contributed by atoms with van der Waals surface area (Å²) in [6.45, 7) is 0.296.